The first kappa shape index (κ1) is 12.6. The van der Waals surface area contributed by atoms with Crippen molar-refractivity contribution in [2.45, 2.75) is 25.8 Å². The standard InChI is InChI=1S/C14H17NO3/c1-10(16)18-8-7-13-12(14(17)15-13)9-11-5-3-2-4-6-11/h2-6,12-13H,7-9H2,1H3,(H,15,17)/t12-,13-/m0/s1. The summed E-state index contributed by atoms with van der Waals surface area (Å²) in [5.41, 5.74) is 1.16. The van der Waals surface area contributed by atoms with Gasteiger partial charge in [0.25, 0.3) is 0 Å². The van der Waals surface area contributed by atoms with Crippen LogP contribution in [0.5, 0.6) is 0 Å². The van der Waals surface area contributed by atoms with Gasteiger partial charge in [-0.2, -0.15) is 0 Å². The zero-order chi connectivity index (χ0) is 13.0. The summed E-state index contributed by atoms with van der Waals surface area (Å²) in [5, 5.41) is 2.86. The SMILES string of the molecule is CC(=O)OCC[C@@H]1NC(=O)[C@H]1Cc1ccccc1. The van der Waals surface area contributed by atoms with Crippen LogP contribution in [0, 0.1) is 5.92 Å². The second-order valence-electron chi connectivity index (χ2n) is 4.54. The molecule has 0 radical (unpaired) electrons. The van der Waals surface area contributed by atoms with Gasteiger partial charge in [-0.15, -0.1) is 0 Å². The van der Waals surface area contributed by atoms with Crippen LogP contribution in [0.2, 0.25) is 0 Å². The molecule has 4 heteroatoms. The first-order chi connectivity index (χ1) is 8.66. The van der Waals surface area contributed by atoms with Gasteiger partial charge in [0.15, 0.2) is 0 Å². The molecule has 4 nitrogen and oxygen atoms in total. The van der Waals surface area contributed by atoms with Gasteiger partial charge in [0.05, 0.1) is 12.5 Å². The molecule has 0 unspecified atom stereocenters. The fraction of sp³-hybridized carbons (Fsp3) is 0.429. The maximum atomic E-state index is 11.5. The third kappa shape index (κ3) is 3.09. The minimum Gasteiger partial charge on any atom is -0.466 e. The lowest BCUT2D eigenvalue weighted by atomic mass is 9.83. The quantitative estimate of drug-likeness (QED) is 0.630. The molecular formula is C14H17NO3. The van der Waals surface area contributed by atoms with Gasteiger partial charge in [-0.05, 0) is 12.0 Å². The molecule has 1 N–H and O–H groups in total. The molecule has 1 fully saturated rings. The summed E-state index contributed by atoms with van der Waals surface area (Å²) in [6.45, 7) is 1.76. The summed E-state index contributed by atoms with van der Waals surface area (Å²) in [5.74, 6) is -0.185. The van der Waals surface area contributed by atoms with Crippen LogP contribution in [-0.2, 0) is 20.7 Å². The molecule has 0 aromatic heterocycles. The Morgan fingerprint density at radius 2 is 2.06 bits per heavy atom. The zero-order valence-corrected chi connectivity index (χ0v) is 10.4. The van der Waals surface area contributed by atoms with Crippen LogP contribution in [0.15, 0.2) is 30.3 Å². The Balaban J connectivity index is 1.83. The predicted octanol–water partition coefficient (Wildman–Crippen LogP) is 1.30. The number of benzene rings is 1. The van der Waals surface area contributed by atoms with Crippen molar-refractivity contribution in [3.63, 3.8) is 0 Å². The van der Waals surface area contributed by atoms with Gasteiger partial charge in [0.1, 0.15) is 0 Å². The Hall–Kier alpha value is -1.84. The van der Waals surface area contributed by atoms with Crippen LogP contribution >= 0.6 is 0 Å². The highest BCUT2D eigenvalue weighted by Gasteiger charge is 2.38. The number of hydrogen-bond donors (Lipinski definition) is 1. The van der Waals surface area contributed by atoms with E-state index >= 15 is 0 Å². The second kappa shape index (κ2) is 5.67. The van der Waals surface area contributed by atoms with Crippen LogP contribution < -0.4 is 5.32 Å². The maximum absolute atomic E-state index is 11.5. The van der Waals surface area contributed by atoms with E-state index in [4.69, 9.17) is 4.74 Å². The first-order valence-corrected chi connectivity index (χ1v) is 6.14. The Bertz CT molecular complexity index is 430. The predicted molar refractivity (Wildman–Crippen MR) is 66.8 cm³/mol. The molecule has 18 heavy (non-hydrogen) atoms. The van der Waals surface area contributed by atoms with E-state index in [1.807, 2.05) is 30.3 Å². The number of amides is 1. The fourth-order valence-corrected chi connectivity index (χ4v) is 2.18. The summed E-state index contributed by atoms with van der Waals surface area (Å²) >= 11 is 0. The van der Waals surface area contributed by atoms with Crippen molar-refractivity contribution in [3.8, 4) is 0 Å². The van der Waals surface area contributed by atoms with Gasteiger partial charge in [-0.25, -0.2) is 0 Å². The molecule has 1 aromatic rings. The monoisotopic (exact) mass is 247 g/mol. The van der Waals surface area contributed by atoms with Crippen molar-refractivity contribution in [3.05, 3.63) is 35.9 Å². The largest absolute Gasteiger partial charge is 0.466 e. The average molecular weight is 247 g/mol. The summed E-state index contributed by atoms with van der Waals surface area (Å²) in [7, 11) is 0. The number of β-lactam (4-membered cyclic amide) rings is 1. The zero-order valence-electron chi connectivity index (χ0n) is 10.4. The molecule has 1 aromatic carbocycles. The fourth-order valence-electron chi connectivity index (χ4n) is 2.18. The summed E-state index contributed by atoms with van der Waals surface area (Å²) in [6, 6.07) is 10.1. The highest BCUT2D eigenvalue weighted by molar-refractivity contribution is 5.86. The van der Waals surface area contributed by atoms with Gasteiger partial charge in [0.2, 0.25) is 5.91 Å². The van der Waals surface area contributed by atoms with Crippen molar-refractivity contribution in [1.82, 2.24) is 5.32 Å². The van der Waals surface area contributed by atoms with E-state index in [-0.39, 0.29) is 23.8 Å². The molecule has 0 aliphatic carbocycles. The van der Waals surface area contributed by atoms with Gasteiger partial charge in [-0.3, -0.25) is 9.59 Å². The van der Waals surface area contributed by atoms with Gasteiger partial charge in [-0.1, -0.05) is 30.3 Å². The molecule has 1 amide bonds. The lowest BCUT2D eigenvalue weighted by molar-refractivity contribution is -0.142. The minimum atomic E-state index is -0.278. The number of ether oxygens (including phenoxy) is 1. The first-order valence-electron chi connectivity index (χ1n) is 6.14. The molecule has 0 saturated carbocycles. The topological polar surface area (TPSA) is 55.4 Å². The lowest BCUT2D eigenvalue weighted by Gasteiger charge is -2.36. The van der Waals surface area contributed by atoms with Crippen molar-refractivity contribution >= 4 is 11.9 Å². The van der Waals surface area contributed by atoms with E-state index in [9.17, 15) is 9.59 Å². The number of hydrogen-bond acceptors (Lipinski definition) is 3. The number of rotatable bonds is 5. The molecule has 0 bridgehead atoms. The van der Waals surface area contributed by atoms with E-state index in [0.717, 1.165) is 12.0 Å². The van der Waals surface area contributed by atoms with Crippen LogP contribution in [-0.4, -0.2) is 24.5 Å². The smallest absolute Gasteiger partial charge is 0.302 e. The van der Waals surface area contributed by atoms with E-state index in [0.29, 0.717) is 13.0 Å². The van der Waals surface area contributed by atoms with Crippen molar-refractivity contribution in [2.24, 2.45) is 5.92 Å². The van der Waals surface area contributed by atoms with Crippen molar-refractivity contribution in [1.29, 1.82) is 0 Å². The van der Waals surface area contributed by atoms with Gasteiger partial charge < -0.3 is 10.1 Å². The molecule has 1 aliphatic rings. The molecular weight excluding hydrogens is 230 g/mol. The molecule has 96 valence electrons. The molecule has 1 heterocycles. The Morgan fingerprint density at radius 3 is 2.67 bits per heavy atom. The summed E-state index contributed by atoms with van der Waals surface area (Å²) < 4.78 is 4.89. The Kier molecular flexibility index (Phi) is 3.97. The molecule has 2 rings (SSSR count). The normalized spacial score (nSPS) is 21.9. The van der Waals surface area contributed by atoms with Gasteiger partial charge >= 0.3 is 5.97 Å². The average Bonchev–Trinajstić information content (AvgIpc) is 2.36. The van der Waals surface area contributed by atoms with Crippen molar-refractivity contribution < 1.29 is 14.3 Å². The third-order valence-electron chi connectivity index (χ3n) is 3.18. The minimum absolute atomic E-state index is 0.00274. The van der Waals surface area contributed by atoms with Crippen LogP contribution in [0.4, 0.5) is 0 Å². The summed E-state index contributed by atoms with van der Waals surface area (Å²) in [6.07, 6.45) is 1.43. The van der Waals surface area contributed by atoms with E-state index < -0.39 is 0 Å². The number of carbonyl (C=O) groups is 2. The number of esters is 1. The number of nitrogens with one attached hydrogen (secondary N) is 1. The molecule has 1 saturated heterocycles. The van der Waals surface area contributed by atoms with Crippen molar-refractivity contribution in [2.75, 3.05) is 6.61 Å². The lowest BCUT2D eigenvalue weighted by Crippen LogP contribution is -2.59. The highest BCUT2D eigenvalue weighted by atomic mass is 16.5. The van der Waals surface area contributed by atoms with Crippen LogP contribution in [0.3, 0.4) is 0 Å². The van der Waals surface area contributed by atoms with Crippen LogP contribution in [0.1, 0.15) is 18.9 Å². The second-order valence-corrected chi connectivity index (χ2v) is 4.54. The van der Waals surface area contributed by atoms with E-state index in [1.54, 1.807) is 0 Å². The third-order valence-corrected chi connectivity index (χ3v) is 3.18. The van der Waals surface area contributed by atoms with Gasteiger partial charge in [0, 0.05) is 19.4 Å². The van der Waals surface area contributed by atoms with E-state index in [2.05, 4.69) is 5.32 Å². The van der Waals surface area contributed by atoms with E-state index in [1.165, 1.54) is 6.92 Å². The summed E-state index contributed by atoms with van der Waals surface area (Å²) in [4.78, 5) is 22.2. The molecule has 2 atom stereocenters. The number of carbonyl (C=O) groups excluding carboxylic acids is 2. The molecule has 0 spiro atoms. The Morgan fingerprint density at radius 1 is 1.33 bits per heavy atom. The van der Waals surface area contributed by atoms with Crippen LogP contribution in [0.25, 0.3) is 0 Å². The molecule has 1 aliphatic heterocycles. The highest BCUT2D eigenvalue weighted by Crippen LogP contribution is 2.22. The Labute approximate surface area is 106 Å². The maximum Gasteiger partial charge on any atom is 0.302 e.